The first-order valence-electron chi connectivity index (χ1n) is 3.67. The highest BCUT2D eigenvalue weighted by Crippen LogP contribution is 2.23. The molecule has 0 N–H and O–H groups in total. The van der Waals surface area contributed by atoms with E-state index in [1.165, 1.54) is 11.3 Å². The quantitative estimate of drug-likeness (QED) is 0.757. The number of hydrogen-bond acceptors (Lipinski definition) is 3. The first-order valence-corrected chi connectivity index (χ1v) is 5.34. The largest absolute Gasteiger partial charge is 0.337 e. The molecule has 12 heavy (non-hydrogen) atoms. The fourth-order valence-corrected chi connectivity index (χ4v) is 2.07. The molecule has 1 aromatic heterocycles. The Morgan fingerprint density at radius 3 is 2.83 bits per heavy atom. The van der Waals surface area contributed by atoms with Crippen LogP contribution in [0.3, 0.4) is 0 Å². The standard InChI is InChI=1S/C7H7BrN2OS/c8-6-5(9-4-12-6)7(11)10-2-1-3-10/h4H,1-3H2. The minimum absolute atomic E-state index is 0.0503. The van der Waals surface area contributed by atoms with Crippen LogP contribution in [0.1, 0.15) is 16.9 Å². The summed E-state index contributed by atoms with van der Waals surface area (Å²) in [5.41, 5.74) is 2.23. The zero-order valence-electron chi connectivity index (χ0n) is 6.29. The van der Waals surface area contributed by atoms with Crippen LogP contribution in [-0.2, 0) is 0 Å². The van der Waals surface area contributed by atoms with Crippen LogP contribution in [0.2, 0.25) is 0 Å². The third-order valence-electron chi connectivity index (χ3n) is 1.87. The van der Waals surface area contributed by atoms with Crippen molar-refractivity contribution in [2.24, 2.45) is 0 Å². The molecule has 1 fully saturated rings. The molecule has 64 valence electrons. The van der Waals surface area contributed by atoms with Crippen LogP contribution >= 0.6 is 27.3 Å². The van der Waals surface area contributed by atoms with Crippen molar-refractivity contribution in [3.63, 3.8) is 0 Å². The summed E-state index contributed by atoms with van der Waals surface area (Å²) in [6, 6.07) is 0. The van der Waals surface area contributed by atoms with E-state index in [9.17, 15) is 4.79 Å². The Labute approximate surface area is 82.5 Å². The van der Waals surface area contributed by atoms with Crippen molar-refractivity contribution < 1.29 is 4.79 Å². The van der Waals surface area contributed by atoms with Crippen molar-refractivity contribution >= 4 is 33.2 Å². The van der Waals surface area contributed by atoms with Crippen molar-refractivity contribution in [1.82, 2.24) is 9.88 Å². The van der Waals surface area contributed by atoms with Gasteiger partial charge in [0.05, 0.1) is 5.51 Å². The first-order chi connectivity index (χ1) is 5.79. The molecule has 1 aliphatic rings. The molecular formula is C7H7BrN2OS. The number of rotatable bonds is 1. The monoisotopic (exact) mass is 246 g/mol. The summed E-state index contributed by atoms with van der Waals surface area (Å²) >= 11 is 4.74. The van der Waals surface area contributed by atoms with Crippen LogP contribution < -0.4 is 0 Å². The molecule has 0 aromatic carbocycles. The lowest BCUT2D eigenvalue weighted by Crippen LogP contribution is -2.42. The Bertz CT molecular complexity index is 308. The number of hydrogen-bond donors (Lipinski definition) is 0. The van der Waals surface area contributed by atoms with Gasteiger partial charge in [-0.15, -0.1) is 11.3 Å². The minimum Gasteiger partial charge on any atom is -0.337 e. The number of likely N-dealkylation sites (tertiary alicyclic amines) is 1. The molecule has 0 unspecified atom stereocenters. The molecule has 1 aliphatic heterocycles. The Morgan fingerprint density at radius 1 is 1.67 bits per heavy atom. The Balaban J connectivity index is 2.19. The van der Waals surface area contributed by atoms with Gasteiger partial charge in [-0.1, -0.05) is 0 Å². The Morgan fingerprint density at radius 2 is 2.42 bits per heavy atom. The maximum atomic E-state index is 11.5. The summed E-state index contributed by atoms with van der Waals surface area (Å²) in [4.78, 5) is 17.4. The molecule has 1 aromatic rings. The number of halogens is 1. The van der Waals surface area contributed by atoms with Crippen LogP contribution in [0.4, 0.5) is 0 Å². The zero-order valence-corrected chi connectivity index (χ0v) is 8.69. The molecule has 0 saturated carbocycles. The molecule has 1 amide bonds. The summed E-state index contributed by atoms with van der Waals surface area (Å²) < 4.78 is 0.833. The maximum Gasteiger partial charge on any atom is 0.274 e. The van der Waals surface area contributed by atoms with Gasteiger partial charge in [0.15, 0.2) is 5.69 Å². The highest BCUT2D eigenvalue weighted by Gasteiger charge is 2.24. The fraction of sp³-hybridized carbons (Fsp3) is 0.429. The van der Waals surface area contributed by atoms with Gasteiger partial charge < -0.3 is 4.90 Å². The SMILES string of the molecule is O=C(c1ncsc1Br)N1CCC1. The van der Waals surface area contributed by atoms with Gasteiger partial charge >= 0.3 is 0 Å². The Hall–Kier alpha value is -0.420. The zero-order chi connectivity index (χ0) is 8.55. The molecule has 0 atom stereocenters. The second-order valence-corrected chi connectivity index (χ2v) is 4.79. The molecule has 3 nitrogen and oxygen atoms in total. The van der Waals surface area contributed by atoms with Gasteiger partial charge in [0.2, 0.25) is 0 Å². The Kier molecular flexibility index (Phi) is 2.14. The highest BCUT2D eigenvalue weighted by atomic mass is 79.9. The fourth-order valence-electron chi connectivity index (χ4n) is 1.04. The predicted octanol–water partition coefficient (Wildman–Crippen LogP) is 1.75. The average molecular weight is 247 g/mol. The van der Waals surface area contributed by atoms with E-state index in [0.717, 1.165) is 23.3 Å². The van der Waals surface area contributed by atoms with E-state index < -0.39 is 0 Å². The van der Waals surface area contributed by atoms with E-state index in [0.29, 0.717) is 5.69 Å². The maximum absolute atomic E-state index is 11.5. The molecule has 0 bridgehead atoms. The predicted molar refractivity (Wildman–Crippen MR) is 50.3 cm³/mol. The van der Waals surface area contributed by atoms with E-state index in [1.807, 2.05) is 0 Å². The number of nitrogens with zero attached hydrogens (tertiary/aromatic N) is 2. The molecule has 0 radical (unpaired) electrons. The molecule has 0 aliphatic carbocycles. The van der Waals surface area contributed by atoms with Crippen molar-refractivity contribution in [2.45, 2.75) is 6.42 Å². The molecular weight excluding hydrogens is 240 g/mol. The number of carbonyl (C=O) groups is 1. The van der Waals surface area contributed by atoms with E-state index >= 15 is 0 Å². The van der Waals surface area contributed by atoms with Crippen LogP contribution in [-0.4, -0.2) is 28.9 Å². The number of aromatic nitrogens is 1. The number of amides is 1. The number of carbonyl (C=O) groups excluding carboxylic acids is 1. The topological polar surface area (TPSA) is 33.2 Å². The van der Waals surface area contributed by atoms with Gasteiger partial charge in [0.1, 0.15) is 3.79 Å². The lowest BCUT2D eigenvalue weighted by Gasteiger charge is -2.30. The van der Waals surface area contributed by atoms with Gasteiger partial charge in [-0.25, -0.2) is 4.98 Å². The van der Waals surface area contributed by atoms with Crippen LogP contribution in [0.15, 0.2) is 9.30 Å². The summed E-state index contributed by atoms with van der Waals surface area (Å²) in [5, 5.41) is 0. The van der Waals surface area contributed by atoms with E-state index in [-0.39, 0.29) is 5.91 Å². The van der Waals surface area contributed by atoms with E-state index in [1.54, 1.807) is 10.4 Å². The van der Waals surface area contributed by atoms with Crippen molar-refractivity contribution in [2.75, 3.05) is 13.1 Å². The van der Waals surface area contributed by atoms with Gasteiger partial charge in [-0.2, -0.15) is 0 Å². The third-order valence-corrected chi connectivity index (χ3v) is 3.42. The number of thiazole rings is 1. The summed E-state index contributed by atoms with van der Waals surface area (Å²) in [6.45, 7) is 1.76. The van der Waals surface area contributed by atoms with Gasteiger partial charge in [-0.05, 0) is 22.4 Å². The van der Waals surface area contributed by atoms with Crippen molar-refractivity contribution in [1.29, 1.82) is 0 Å². The molecule has 2 rings (SSSR count). The van der Waals surface area contributed by atoms with Crippen molar-refractivity contribution in [3.8, 4) is 0 Å². The summed E-state index contributed by atoms with van der Waals surface area (Å²) in [7, 11) is 0. The lowest BCUT2D eigenvalue weighted by atomic mass is 10.2. The van der Waals surface area contributed by atoms with Gasteiger partial charge in [0, 0.05) is 13.1 Å². The first kappa shape index (κ1) is 8.19. The van der Waals surface area contributed by atoms with Crippen molar-refractivity contribution in [3.05, 3.63) is 15.0 Å². The molecule has 2 heterocycles. The third kappa shape index (κ3) is 1.27. The lowest BCUT2D eigenvalue weighted by molar-refractivity contribution is 0.0645. The highest BCUT2D eigenvalue weighted by molar-refractivity contribution is 9.11. The normalized spacial score (nSPS) is 15.9. The summed E-state index contributed by atoms with van der Waals surface area (Å²) in [6.07, 6.45) is 1.12. The van der Waals surface area contributed by atoms with Gasteiger partial charge in [0.25, 0.3) is 5.91 Å². The minimum atomic E-state index is 0.0503. The second kappa shape index (κ2) is 3.14. The van der Waals surface area contributed by atoms with Gasteiger partial charge in [-0.3, -0.25) is 4.79 Å². The van der Waals surface area contributed by atoms with Crippen LogP contribution in [0, 0.1) is 0 Å². The molecule has 1 saturated heterocycles. The molecule has 5 heteroatoms. The average Bonchev–Trinajstić information content (AvgIpc) is 2.31. The van der Waals surface area contributed by atoms with E-state index in [2.05, 4.69) is 20.9 Å². The van der Waals surface area contributed by atoms with E-state index in [4.69, 9.17) is 0 Å². The smallest absolute Gasteiger partial charge is 0.274 e. The summed E-state index contributed by atoms with van der Waals surface area (Å²) in [5.74, 6) is 0.0503. The second-order valence-electron chi connectivity index (χ2n) is 2.62. The molecule has 0 spiro atoms. The van der Waals surface area contributed by atoms with Crippen LogP contribution in [0.25, 0.3) is 0 Å². The van der Waals surface area contributed by atoms with Crippen LogP contribution in [0.5, 0.6) is 0 Å².